The van der Waals surface area contributed by atoms with Crippen LogP contribution in [0.4, 0.5) is 10.1 Å². The van der Waals surface area contributed by atoms with Crippen molar-refractivity contribution in [3.63, 3.8) is 0 Å². The molecule has 1 amide bonds. The molecule has 7 nitrogen and oxygen atoms in total. The molecule has 1 atom stereocenters. The number of halogens is 1. The predicted molar refractivity (Wildman–Crippen MR) is 109 cm³/mol. The van der Waals surface area contributed by atoms with Crippen molar-refractivity contribution in [1.29, 1.82) is 0 Å². The van der Waals surface area contributed by atoms with Gasteiger partial charge in [0.1, 0.15) is 15.0 Å². The van der Waals surface area contributed by atoms with Crippen molar-refractivity contribution in [1.82, 2.24) is 14.5 Å². The van der Waals surface area contributed by atoms with Gasteiger partial charge in [0.25, 0.3) is 15.9 Å². The first kappa shape index (κ1) is 20.1. The summed E-state index contributed by atoms with van der Waals surface area (Å²) in [5.41, 5.74) is 0.331. The summed E-state index contributed by atoms with van der Waals surface area (Å²) < 4.78 is 40.6. The Morgan fingerprint density at radius 2 is 2.10 bits per heavy atom. The zero-order chi connectivity index (χ0) is 20.4. The molecule has 0 bridgehead atoms. The summed E-state index contributed by atoms with van der Waals surface area (Å²) in [6.07, 6.45) is 1.48. The molecule has 1 fully saturated rings. The van der Waals surface area contributed by atoms with E-state index >= 15 is 0 Å². The van der Waals surface area contributed by atoms with E-state index in [1.54, 1.807) is 23.6 Å². The number of sulfonamides is 1. The van der Waals surface area contributed by atoms with E-state index in [4.69, 9.17) is 0 Å². The Balaban J connectivity index is 1.47. The predicted octanol–water partition coefficient (Wildman–Crippen LogP) is 3.56. The second-order valence-electron chi connectivity index (χ2n) is 6.54. The molecular formula is C18H17FN4O3S3. The van der Waals surface area contributed by atoms with Crippen molar-refractivity contribution in [2.45, 2.75) is 23.0 Å². The number of carbonyl (C=O) groups excluding carboxylic acids is 1. The number of anilines is 1. The molecule has 29 heavy (non-hydrogen) atoms. The van der Waals surface area contributed by atoms with Gasteiger partial charge < -0.3 is 5.32 Å². The second-order valence-corrected chi connectivity index (χ2v) is 10.7. The summed E-state index contributed by atoms with van der Waals surface area (Å²) in [6.45, 7) is 0.767. The van der Waals surface area contributed by atoms with Crippen molar-refractivity contribution in [3.05, 3.63) is 57.6 Å². The fourth-order valence-corrected chi connectivity index (χ4v) is 6.67. The van der Waals surface area contributed by atoms with Gasteiger partial charge >= 0.3 is 0 Å². The van der Waals surface area contributed by atoms with Gasteiger partial charge in [-0.05, 0) is 42.5 Å². The minimum absolute atomic E-state index is 0.119. The lowest BCUT2D eigenvalue weighted by atomic mass is 10.0. The average molecular weight is 453 g/mol. The first-order chi connectivity index (χ1) is 13.9. The molecule has 1 unspecified atom stereocenters. The highest BCUT2D eigenvalue weighted by Gasteiger charge is 2.33. The smallest absolute Gasteiger partial charge is 0.286 e. The Kier molecular flexibility index (Phi) is 5.72. The van der Waals surface area contributed by atoms with Gasteiger partial charge in [0.2, 0.25) is 5.01 Å². The molecule has 1 aliphatic rings. The van der Waals surface area contributed by atoms with Crippen LogP contribution in [0, 0.1) is 5.82 Å². The molecule has 11 heteroatoms. The number of rotatable bonds is 5. The molecule has 0 saturated carbocycles. The van der Waals surface area contributed by atoms with Crippen LogP contribution in [0.3, 0.4) is 0 Å². The zero-order valence-electron chi connectivity index (χ0n) is 15.1. The molecule has 3 heterocycles. The van der Waals surface area contributed by atoms with Crippen LogP contribution in [0.1, 0.15) is 33.6 Å². The third kappa shape index (κ3) is 4.37. The summed E-state index contributed by atoms with van der Waals surface area (Å²) in [7, 11) is -3.52. The lowest BCUT2D eigenvalue weighted by Gasteiger charge is -2.30. The highest BCUT2D eigenvalue weighted by Crippen LogP contribution is 2.33. The molecule has 1 N–H and O–H groups in total. The van der Waals surface area contributed by atoms with E-state index in [1.165, 1.54) is 33.8 Å². The molecule has 0 spiro atoms. The number of hydrogen-bond donors (Lipinski definition) is 1. The van der Waals surface area contributed by atoms with Crippen molar-refractivity contribution in [2.75, 3.05) is 18.4 Å². The molecule has 1 aliphatic heterocycles. The minimum Gasteiger partial charge on any atom is -0.320 e. The van der Waals surface area contributed by atoms with E-state index in [-0.39, 0.29) is 10.9 Å². The summed E-state index contributed by atoms with van der Waals surface area (Å²) in [6, 6.07) is 8.90. The maximum absolute atomic E-state index is 13.3. The third-order valence-electron chi connectivity index (χ3n) is 4.54. The minimum atomic E-state index is -3.52. The molecule has 1 saturated heterocycles. The van der Waals surface area contributed by atoms with E-state index in [0.717, 1.165) is 17.8 Å². The lowest BCUT2D eigenvalue weighted by Crippen LogP contribution is -2.38. The maximum Gasteiger partial charge on any atom is 0.286 e. The van der Waals surface area contributed by atoms with E-state index < -0.39 is 21.7 Å². The van der Waals surface area contributed by atoms with E-state index in [1.807, 2.05) is 0 Å². The largest absolute Gasteiger partial charge is 0.320 e. The molecular weight excluding hydrogens is 435 g/mol. The molecule has 152 valence electrons. The van der Waals surface area contributed by atoms with Crippen LogP contribution in [0.5, 0.6) is 0 Å². The number of aromatic nitrogens is 2. The average Bonchev–Trinajstić information content (AvgIpc) is 3.41. The first-order valence-electron chi connectivity index (χ1n) is 8.87. The van der Waals surface area contributed by atoms with Crippen LogP contribution in [-0.2, 0) is 10.0 Å². The molecule has 1 aromatic carbocycles. The number of benzene rings is 1. The number of thiophene rings is 1. The third-order valence-corrected chi connectivity index (χ3v) is 8.86. The summed E-state index contributed by atoms with van der Waals surface area (Å²) in [5.74, 6) is -1.04. The fraction of sp³-hybridized carbons (Fsp3) is 0.278. The number of nitrogens with one attached hydrogen (secondary N) is 1. The zero-order valence-corrected chi connectivity index (χ0v) is 17.6. The van der Waals surface area contributed by atoms with Crippen LogP contribution in [0.25, 0.3) is 0 Å². The topological polar surface area (TPSA) is 92.3 Å². The standard InChI is InChI=1S/C18H17FN4O3S3/c19-13-5-1-6-14(10-13)20-16(24)18-22-21-17(28-18)12-4-2-8-23(11-12)29(25,26)15-7-3-9-27-15/h1,3,5-7,9-10,12H,2,4,8,11H2,(H,20,24). The van der Waals surface area contributed by atoms with E-state index in [2.05, 4.69) is 15.5 Å². The highest BCUT2D eigenvalue weighted by molar-refractivity contribution is 7.91. The Morgan fingerprint density at radius 1 is 1.24 bits per heavy atom. The SMILES string of the molecule is O=C(Nc1cccc(F)c1)c1nnc(C2CCCN(S(=O)(=O)c3cccs3)C2)s1. The van der Waals surface area contributed by atoms with E-state index in [9.17, 15) is 17.6 Å². The summed E-state index contributed by atoms with van der Waals surface area (Å²) in [5, 5.41) is 13.2. The molecule has 0 radical (unpaired) electrons. The quantitative estimate of drug-likeness (QED) is 0.639. The van der Waals surface area contributed by atoms with Gasteiger partial charge in [-0.2, -0.15) is 4.31 Å². The van der Waals surface area contributed by atoms with Crippen molar-refractivity contribution < 1.29 is 17.6 Å². The molecule has 3 aromatic rings. The van der Waals surface area contributed by atoms with Crippen LogP contribution < -0.4 is 5.32 Å². The van der Waals surface area contributed by atoms with Crippen molar-refractivity contribution >= 4 is 44.3 Å². The highest BCUT2D eigenvalue weighted by atomic mass is 32.2. The van der Waals surface area contributed by atoms with Crippen LogP contribution in [-0.4, -0.2) is 41.9 Å². The monoisotopic (exact) mass is 452 g/mol. The molecule has 0 aliphatic carbocycles. The van der Waals surface area contributed by atoms with E-state index in [0.29, 0.717) is 34.4 Å². The Labute approximate surface area is 175 Å². The van der Waals surface area contributed by atoms with Gasteiger partial charge in [0.05, 0.1) is 0 Å². The van der Waals surface area contributed by atoms with Gasteiger partial charge in [0.15, 0.2) is 0 Å². The van der Waals surface area contributed by atoms with Crippen LogP contribution in [0.2, 0.25) is 0 Å². The van der Waals surface area contributed by atoms with Crippen LogP contribution in [0.15, 0.2) is 46.0 Å². The summed E-state index contributed by atoms with van der Waals surface area (Å²) in [4.78, 5) is 12.4. The van der Waals surface area contributed by atoms with Crippen molar-refractivity contribution in [3.8, 4) is 0 Å². The maximum atomic E-state index is 13.3. The lowest BCUT2D eigenvalue weighted by molar-refractivity contribution is 0.102. The van der Waals surface area contributed by atoms with Gasteiger partial charge in [-0.25, -0.2) is 12.8 Å². The van der Waals surface area contributed by atoms with Gasteiger partial charge in [-0.15, -0.1) is 21.5 Å². The number of carbonyl (C=O) groups is 1. The first-order valence-corrected chi connectivity index (χ1v) is 12.0. The Hall–Kier alpha value is -2.21. The summed E-state index contributed by atoms with van der Waals surface area (Å²) >= 11 is 2.33. The van der Waals surface area contributed by atoms with Crippen molar-refractivity contribution in [2.24, 2.45) is 0 Å². The number of hydrogen-bond acceptors (Lipinski definition) is 7. The number of amides is 1. The number of piperidine rings is 1. The second kappa shape index (κ2) is 8.27. The molecule has 2 aromatic heterocycles. The molecule has 4 rings (SSSR count). The normalized spacial score (nSPS) is 17.9. The Bertz CT molecular complexity index is 1120. The van der Waals surface area contributed by atoms with Gasteiger partial charge in [-0.3, -0.25) is 4.79 Å². The fourth-order valence-electron chi connectivity index (χ4n) is 3.14. The van der Waals surface area contributed by atoms with Crippen LogP contribution >= 0.6 is 22.7 Å². The number of nitrogens with zero attached hydrogens (tertiary/aromatic N) is 3. The van der Waals surface area contributed by atoms with Gasteiger partial charge in [0, 0.05) is 24.7 Å². The Morgan fingerprint density at radius 3 is 2.86 bits per heavy atom. The van der Waals surface area contributed by atoms with Gasteiger partial charge in [-0.1, -0.05) is 23.5 Å².